The van der Waals surface area contributed by atoms with Gasteiger partial charge >= 0.3 is 6.18 Å². The molecule has 1 aromatic rings. The van der Waals surface area contributed by atoms with Crippen LogP contribution in [0, 0.1) is 0 Å². The Morgan fingerprint density at radius 1 is 1.41 bits per heavy atom. The lowest BCUT2D eigenvalue weighted by Gasteiger charge is -2.41. The van der Waals surface area contributed by atoms with Crippen LogP contribution in [0.4, 0.5) is 13.2 Å². The van der Waals surface area contributed by atoms with Crippen LogP contribution in [0.3, 0.4) is 0 Å². The number of aliphatic hydroxyl groups excluding tert-OH is 1. The van der Waals surface area contributed by atoms with Gasteiger partial charge in [-0.25, -0.2) is 0 Å². The molecule has 3 nitrogen and oxygen atoms in total. The van der Waals surface area contributed by atoms with Crippen LogP contribution < -0.4 is 5.32 Å². The van der Waals surface area contributed by atoms with Crippen molar-refractivity contribution in [3.05, 3.63) is 35.4 Å². The molecule has 0 aliphatic heterocycles. The van der Waals surface area contributed by atoms with Crippen molar-refractivity contribution in [3.8, 4) is 0 Å². The number of alkyl halides is 3. The molecule has 22 heavy (non-hydrogen) atoms. The topological polar surface area (TPSA) is 49.3 Å². The summed E-state index contributed by atoms with van der Waals surface area (Å²) in [6, 6.07) is 4.83. The molecule has 1 aromatic carbocycles. The van der Waals surface area contributed by atoms with Gasteiger partial charge in [-0.2, -0.15) is 13.2 Å². The summed E-state index contributed by atoms with van der Waals surface area (Å²) in [5.41, 5.74) is -1.18. The predicted octanol–water partition coefficient (Wildman–Crippen LogP) is 3.01. The highest BCUT2D eigenvalue weighted by Crippen LogP contribution is 2.45. The van der Waals surface area contributed by atoms with E-state index < -0.39 is 17.2 Å². The largest absolute Gasteiger partial charge is 0.416 e. The molecule has 0 heterocycles. The Labute approximate surface area is 127 Å². The Morgan fingerprint density at radius 2 is 2.09 bits per heavy atom. The zero-order valence-electron chi connectivity index (χ0n) is 12.4. The number of carbonyl (C=O) groups excluding carboxylic acids is 1. The fourth-order valence-electron chi connectivity index (χ4n) is 2.80. The van der Waals surface area contributed by atoms with E-state index >= 15 is 0 Å². The number of nitrogens with one attached hydrogen (secondary N) is 1. The van der Waals surface area contributed by atoms with Crippen LogP contribution in [0.15, 0.2) is 24.3 Å². The molecule has 6 heteroatoms. The van der Waals surface area contributed by atoms with Crippen molar-refractivity contribution < 1.29 is 23.1 Å². The molecule has 0 aromatic heterocycles. The average Bonchev–Trinajstić information content (AvgIpc) is 2.37. The monoisotopic (exact) mass is 315 g/mol. The number of benzene rings is 1. The van der Waals surface area contributed by atoms with Gasteiger partial charge in [0, 0.05) is 12.6 Å². The molecular weight excluding hydrogens is 295 g/mol. The van der Waals surface area contributed by atoms with E-state index in [1.807, 2.05) is 0 Å². The third-order valence-electron chi connectivity index (χ3n) is 4.32. The van der Waals surface area contributed by atoms with E-state index in [4.69, 9.17) is 5.11 Å². The zero-order chi connectivity index (χ0) is 16.4. The molecule has 0 saturated heterocycles. The minimum Gasteiger partial charge on any atom is -0.396 e. The molecule has 1 saturated carbocycles. The van der Waals surface area contributed by atoms with E-state index in [-0.39, 0.29) is 18.6 Å². The molecule has 1 aliphatic carbocycles. The lowest BCUT2D eigenvalue weighted by Crippen LogP contribution is -2.51. The van der Waals surface area contributed by atoms with E-state index in [0.717, 1.165) is 18.6 Å². The van der Waals surface area contributed by atoms with Gasteiger partial charge in [-0.3, -0.25) is 4.79 Å². The highest BCUT2D eigenvalue weighted by atomic mass is 19.4. The summed E-state index contributed by atoms with van der Waals surface area (Å²) in [4.78, 5) is 12.5. The quantitative estimate of drug-likeness (QED) is 0.877. The Balaban J connectivity index is 2.25. The van der Waals surface area contributed by atoms with Gasteiger partial charge in [0.2, 0.25) is 5.91 Å². The van der Waals surface area contributed by atoms with Crippen molar-refractivity contribution in [2.24, 2.45) is 0 Å². The van der Waals surface area contributed by atoms with Gasteiger partial charge in [0.05, 0.1) is 11.0 Å². The maximum Gasteiger partial charge on any atom is 0.416 e. The van der Waals surface area contributed by atoms with Gasteiger partial charge in [-0.15, -0.1) is 0 Å². The van der Waals surface area contributed by atoms with Crippen LogP contribution in [0.25, 0.3) is 0 Å². The predicted molar refractivity (Wildman–Crippen MR) is 76.3 cm³/mol. The molecule has 1 amide bonds. The number of rotatable bonds is 5. The van der Waals surface area contributed by atoms with Gasteiger partial charge in [0.15, 0.2) is 0 Å². The van der Waals surface area contributed by atoms with Crippen LogP contribution in [0.1, 0.15) is 43.7 Å². The van der Waals surface area contributed by atoms with E-state index in [1.54, 1.807) is 13.0 Å². The number of hydrogen-bond acceptors (Lipinski definition) is 2. The molecule has 122 valence electrons. The van der Waals surface area contributed by atoms with Gasteiger partial charge in [0.1, 0.15) is 0 Å². The lowest BCUT2D eigenvalue weighted by molar-refractivity contribution is -0.138. The molecule has 2 rings (SSSR count). The van der Waals surface area contributed by atoms with Gasteiger partial charge in [0.25, 0.3) is 0 Å². The summed E-state index contributed by atoms with van der Waals surface area (Å²) in [7, 11) is 0. The minimum atomic E-state index is -4.42. The van der Waals surface area contributed by atoms with Crippen LogP contribution in [0.5, 0.6) is 0 Å². The molecule has 1 fully saturated rings. The molecule has 0 bridgehead atoms. The maximum atomic E-state index is 12.9. The molecule has 1 aliphatic rings. The summed E-state index contributed by atoms with van der Waals surface area (Å²) in [6.07, 6.45) is -2.08. The first-order valence-electron chi connectivity index (χ1n) is 7.39. The molecular formula is C16H20F3NO2. The number of amides is 1. The van der Waals surface area contributed by atoms with Crippen LogP contribution in [-0.4, -0.2) is 23.7 Å². The zero-order valence-corrected chi connectivity index (χ0v) is 12.4. The Bertz CT molecular complexity index is 538. The van der Waals surface area contributed by atoms with E-state index in [1.165, 1.54) is 6.07 Å². The van der Waals surface area contributed by atoms with Crippen molar-refractivity contribution in [1.82, 2.24) is 5.32 Å². The standard InChI is InChI=1S/C16H20F3NO2/c1-11(6-9-21)20-14(22)15(7-3-8-15)12-4-2-5-13(10-12)16(17,18)19/h2,4-5,10-11,21H,3,6-9H2,1H3,(H,20,22). The summed E-state index contributed by atoms with van der Waals surface area (Å²) in [6.45, 7) is 1.73. The molecule has 0 radical (unpaired) electrons. The Kier molecular flexibility index (Phi) is 4.80. The average molecular weight is 315 g/mol. The van der Waals surface area contributed by atoms with E-state index in [9.17, 15) is 18.0 Å². The summed E-state index contributed by atoms with van der Waals surface area (Å²) < 4.78 is 38.6. The van der Waals surface area contributed by atoms with Gasteiger partial charge in [-0.1, -0.05) is 24.6 Å². The van der Waals surface area contributed by atoms with Gasteiger partial charge < -0.3 is 10.4 Å². The Hall–Kier alpha value is -1.56. The third-order valence-corrected chi connectivity index (χ3v) is 4.32. The normalized spacial score (nSPS) is 18.4. The molecule has 1 atom stereocenters. The fraction of sp³-hybridized carbons (Fsp3) is 0.562. The Morgan fingerprint density at radius 3 is 2.59 bits per heavy atom. The second-order valence-electron chi connectivity index (χ2n) is 5.90. The molecule has 1 unspecified atom stereocenters. The fourth-order valence-corrected chi connectivity index (χ4v) is 2.80. The number of hydrogen-bond donors (Lipinski definition) is 2. The smallest absolute Gasteiger partial charge is 0.396 e. The first kappa shape index (κ1) is 16.8. The minimum absolute atomic E-state index is 0.0436. The molecule has 0 spiro atoms. The second kappa shape index (κ2) is 6.28. The van der Waals surface area contributed by atoms with Crippen LogP contribution in [-0.2, 0) is 16.4 Å². The maximum absolute atomic E-state index is 12.9. The first-order chi connectivity index (χ1) is 10.3. The van der Waals surface area contributed by atoms with E-state index in [0.29, 0.717) is 24.8 Å². The van der Waals surface area contributed by atoms with Gasteiger partial charge in [-0.05, 0) is 37.8 Å². The van der Waals surface area contributed by atoms with Crippen LogP contribution in [0.2, 0.25) is 0 Å². The van der Waals surface area contributed by atoms with Crippen molar-refractivity contribution in [3.63, 3.8) is 0 Å². The third kappa shape index (κ3) is 3.27. The van der Waals surface area contributed by atoms with Crippen molar-refractivity contribution in [1.29, 1.82) is 0 Å². The second-order valence-corrected chi connectivity index (χ2v) is 5.90. The van der Waals surface area contributed by atoms with Crippen LogP contribution >= 0.6 is 0 Å². The highest BCUT2D eigenvalue weighted by Gasteiger charge is 2.46. The molecule has 2 N–H and O–H groups in total. The summed E-state index contributed by atoms with van der Waals surface area (Å²) >= 11 is 0. The highest BCUT2D eigenvalue weighted by molar-refractivity contribution is 5.89. The number of aliphatic hydroxyl groups is 1. The van der Waals surface area contributed by atoms with Crippen molar-refractivity contribution in [2.75, 3.05) is 6.61 Å². The van der Waals surface area contributed by atoms with E-state index in [2.05, 4.69) is 5.32 Å². The van der Waals surface area contributed by atoms with Crippen molar-refractivity contribution >= 4 is 5.91 Å². The first-order valence-corrected chi connectivity index (χ1v) is 7.39. The summed E-state index contributed by atoms with van der Waals surface area (Å²) in [5, 5.41) is 11.7. The number of carbonyl (C=O) groups is 1. The number of halogens is 3. The summed E-state index contributed by atoms with van der Waals surface area (Å²) in [5.74, 6) is -0.251. The van der Waals surface area contributed by atoms with Crippen molar-refractivity contribution in [2.45, 2.75) is 50.2 Å². The SMILES string of the molecule is CC(CCO)NC(=O)C1(c2cccc(C(F)(F)F)c2)CCC1. The lowest BCUT2D eigenvalue weighted by atomic mass is 9.63.